The molecule has 2 aromatic rings. The Morgan fingerprint density at radius 3 is 2.54 bits per heavy atom. The third-order valence-electron chi connectivity index (χ3n) is 4.68. The molecule has 2 heterocycles. The molecule has 1 aliphatic heterocycles. The first kappa shape index (κ1) is 18.1. The highest BCUT2D eigenvalue weighted by Gasteiger charge is 2.18. The highest BCUT2D eigenvalue weighted by Crippen LogP contribution is 2.13. The van der Waals surface area contributed by atoms with Crippen LogP contribution in [0, 0.1) is 13.8 Å². The predicted octanol–water partition coefficient (Wildman–Crippen LogP) is 1.64. The molecule has 1 aromatic carbocycles. The van der Waals surface area contributed by atoms with Gasteiger partial charge >= 0.3 is 0 Å². The second-order valence-corrected chi connectivity index (χ2v) is 6.57. The van der Waals surface area contributed by atoms with E-state index in [1.54, 1.807) is 12.4 Å². The first-order chi connectivity index (χ1) is 12.6. The molecule has 7 heteroatoms. The summed E-state index contributed by atoms with van der Waals surface area (Å²) in [6.45, 7) is 9.61. The summed E-state index contributed by atoms with van der Waals surface area (Å²) in [4.78, 5) is 17.7. The van der Waals surface area contributed by atoms with Gasteiger partial charge in [-0.15, -0.1) is 0 Å². The summed E-state index contributed by atoms with van der Waals surface area (Å²) in [7, 11) is 0. The molecule has 3 rings (SSSR count). The number of aryl methyl sites for hydroxylation is 2. The van der Waals surface area contributed by atoms with Gasteiger partial charge in [-0.3, -0.25) is 9.89 Å². The van der Waals surface area contributed by atoms with E-state index < -0.39 is 0 Å². The Balaban J connectivity index is 1.42. The molecule has 1 aromatic heterocycles. The molecule has 1 aliphatic rings. The SMILES string of the molecule is Cc1ccc(NC(N)=NCCN2CCN(c3ncccn3)CC2)cc1C. The normalized spacial score (nSPS) is 15.9. The number of piperazine rings is 1. The minimum atomic E-state index is 0.463. The molecule has 0 unspecified atom stereocenters. The molecule has 0 aliphatic carbocycles. The van der Waals surface area contributed by atoms with Crippen LogP contribution in [0.1, 0.15) is 11.1 Å². The van der Waals surface area contributed by atoms with E-state index in [1.165, 1.54) is 11.1 Å². The third kappa shape index (κ3) is 4.92. The monoisotopic (exact) mass is 353 g/mol. The van der Waals surface area contributed by atoms with Crippen LogP contribution in [-0.2, 0) is 0 Å². The standard InChI is InChI=1S/C19H27N7/c1-15-4-5-17(14-16(15)2)24-18(20)21-8-9-25-10-12-26(13-11-25)19-22-6-3-7-23-19/h3-7,14H,8-13H2,1-2H3,(H3,20,21,24). The van der Waals surface area contributed by atoms with E-state index in [0.717, 1.165) is 44.4 Å². The Hall–Kier alpha value is -2.67. The van der Waals surface area contributed by atoms with Gasteiger partial charge in [0.25, 0.3) is 0 Å². The van der Waals surface area contributed by atoms with Crippen molar-refractivity contribution in [2.45, 2.75) is 13.8 Å². The highest BCUT2D eigenvalue weighted by molar-refractivity contribution is 5.92. The second-order valence-electron chi connectivity index (χ2n) is 6.57. The van der Waals surface area contributed by atoms with Crippen molar-refractivity contribution >= 4 is 17.6 Å². The van der Waals surface area contributed by atoms with E-state index in [4.69, 9.17) is 5.73 Å². The second kappa shape index (κ2) is 8.62. The van der Waals surface area contributed by atoms with Crippen molar-refractivity contribution in [3.05, 3.63) is 47.8 Å². The lowest BCUT2D eigenvalue weighted by molar-refractivity contribution is 0.264. The lowest BCUT2D eigenvalue weighted by Gasteiger charge is -2.34. The summed E-state index contributed by atoms with van der Waals surface area (Å²) in [5.41, 5.74) is 9.49. The highest BCUT2D eigenvalue weighted by atomic mass is 15.3. The smallest absolute Gasteiger partial charge is 0.225 e. The zero-order valence-electron chi connectivity index (χ0n) is 15.5. The van der Waals surface area contributed by atoms with Gasteiger partial charge in [0.1, 0.15) is 0 Å². The molecule has 0 amide bonds. The van der Waals surface area contributed by atoms with Crippen LogP contribution >= 0.6 is 0 Å². The number of anilines is 2. The summed E-state index contributed by atoms with van der Waals surface area (Å²) in [6, 6.07) is 8.03. The Bertz CT molecular complexity index is 737. The first-order valence-corrected chi connectivity index (χ1v) is 9.00. The van der Waals surface area contributed by atoms with Crippen molar-refractivity contribution in [1.29, 1.82) is 0 Å². The molecule has 1 fully saturated rings. The molecule has 0 saturated carbocycles. The van der Waals surface area contributed by atoms with Crippen LogP contribution in [0.25, 0.3) is 0 Å². The molecule has 1 saturated heterocycles. The van der Waals surface area contributed by atoms with Gasteiger partial charge in [0.2, 0.25) is 5.95 Å². The molecule has 0 bridgehead atoms. The predicted molar refractivity (Wildman–Crippen MR) is 107 cm³/mol. The quantitative estimate of drug-likeness (QED) is 0.628. The van der Waals surface area contributed by atoms with Gasteiger partial charge in [-0.2, -0.15) is 0 Å². The number of rotatable bonds is 5. The molecule has 138 valence electrons. The van der Waals surface area contributed by atoms with Crippen LogP contribution in [0.5, 0.6) is 0 Å². The number of nitrogens with one attached hydrogen (secondary N) is 1. The van der Waals surface area contributed by atoms with E-state index in [0.29, 0.717) is 12.5 Å². The Kier molecular flexibility index (Phi) is 6.01. The number of hydrogen-bond acceptors (Lipinski definition) is 5. The van der Waals surface area contributed by atoms with Gasteiger partial charge in [-0.1, -0.05) is 6.07 Å². The Morgan fingerprint density at radius 2 is 1.85 bits per heavy atom. The van der Waals surface area contributed by atoms with Crippen molar-refractivity contribution in [3.63, 3.8) is 0 Å². The lowest BCUT2D eigenvalue weighted by Crippen LogP contribution is -2.47. The zero-order chi connectivity index (χ0) is 18.4. The van der Waals surface area contributed by atoms with Crippen LogP contribution in [0.15, 0.2) is 41.7 Å². The van der Waals surface area contributed by atoms with Crippen LogP contribution in [0.2, 0.25) is 0 Å². The van der Waals surface area contributed by atoms with E-state index in [2.05, 4.69) is 56.1 Å². The van der Waals surface area contributed by atoms with Crippen LogP contribution in [0.4, 0.5) is 11.6 Å². The van der Waals surface area contributed by atoms with Gasteiger partial charge in [0.15, 0.2) is 5.96 Å². The molecule has 3 N–H and O–H groups in total. The third-order valence-corrected chi connectivity index (χ3v) is 4.68. The van der Waals surface area contributed by atoms with E-state index >= 15 is 0 Å². The Labute approximate surface area is 155 Å². The first-order valence-electron chi connectivity index (χ1n) is 9.00. The van der Waals surface area contributed by atoms with Gasteiger partial charge in [0, 0.05) is 50.8 Å². The molecule has 0 radical (unpaired) electrons. The zero-order valence-corrected chi connectivity index (χ0v) is 15.5. The minimum absolute atomic E-state index is 0.463. The van der Waals surface area contributed by atoms with Gasteiger partial charge in [-0.05, 0) is 43.2 Å². The average Bonchev–Trinajstić information content (AvgIpc) is 2.66. The van der Waals surface area contributed by atoms with Crippen molar-refractivity contribution in [3.8, 4) is 0 Å². The Morgan fingerprint density at radius 1 is 1.12 bits per heavy atom. The van der Waals surface area contributed by atoms with Gasteiger partial charge in [0.05, 0.1) is 6.54 Å². The largest absolute Gasteiger partial charge is 0.370 e. The van der Waals surface area contributed by atoms with Crippen LogP contribution in [0.3, 0.4) is 0 Å². The van der Waals surface area contributed by atoms with E-state index in [1.807, 2.05) is 12.1 Å². The fraction of sp³-hybridized carbons (Fsp3) is 0.421. The van der Waals surface area contributed by atoms with Crippen molar-refractivity contribution < 1.29 is 0 Å². The fourth-order valence-electron chi connectivity index (χ4n) is 2.94. The number of nitrogens with two attached hydrogens (primary N) is 1. The van der Waals surface area contributed by atoms with Crippen molar-refractivity contribution in [1.82, 2.24) is 14.9 Å². The maximum Gasteiger partial charge on any atom is 0.225 e. The molecule has 7 nitrogen and oxygen atoms in total. The topological polar surface area (TPSA) is 82.7 Å². The maximum atomic E-state index is 6.00. The number of aromatic nitrogens is 2. The van der Waals surface area contributed by atoms with Crippen molar-refractivity contribution in [2.75, 3.05) is 49.5 Å². The number of nitrogens with zero attached hydrogens (tertiary/aromatic N) is 5. The lowest BCUT2D eigenvalue weighted by atomic mass is 10.1. The fourth-order valence-corrected chi connectivity index (χ4v) is 2.94. The molecule has 0 spiro atoms. The molecular formula is C19H27N7. The van der Waals surface area contributed by atoms with Crippen LogP contribution in [-0.4, -0.2) is 60.1 Å². The molecule has 26 heavy (non-hydrogen) atoms. The maximum absolute atomic E-state index is 6.00. The summed E-state index contributed by atoms with van der Waals surface area (Å²) in [6.07, 6.45) is 3.57. The number of hydrogen-bond donors (Lipinski definition) is 2. The minimum Gasteiger partial charge on any atom is -0.370 e. The summed E-state index contributed by atoms with van der Waals surface area (Å²) < 4.78 is 0. The van der Waals surface area contributed by atoms with Gasteiger partial charge < -0.3 is 16.0 Å². The van der Waals surface area contributed by atoms with E-state index in [-0.39, 0.29) is 0 Å². The van der Waals surface area contributed by atoms with Crippen LogP contribution < -0.4 is 16.0 Å². The number of benzene rings is 1. The van der Waals surface area contributed by atoms with Crippen molar-refractivity contribution in [2.24, 2.45) is 10.7 Å². The molecule has 0 atom stereocenters. The van der Waals surface area contributed by atoms with E-state index in [9.17, 15) is 0 Å². The number of guanidine groups is 1. The number of aliphatic imine (C=N–C) groups is 1. The summed E-state index contributed by atoms with van der Waals surface area (Å²) in [5, 5.41) is 3.16. The van der Waals surface area contributed by atoms with Gasteiger partial charge in [-0.25, -0.2) is 9.97 Å². The summed E-state index contributed by atoms with van der Waals surface area (Å²) in [5.74, 6) is 1.27. The summed E-state index contributed by atoms with van der Waals surface area (Å²) >= 11 is 0. The average molecular weight is 353 g/mol. The molecular weight excluding hydrogens is 326 g/mol.